The molecule has 0 bridgehead atoms. The second-order valence-electron chi connectivity index (χ2n) is 6.81. The lowest BCUT2D eigenvalue weighted by Crippen LogP contribution is -2.17. The van der Waals surface area contributed by atoms with Crippen molar-refractivity contribution in [2.24, 2.45) is 5.92 Å². The van der Waals surface area contributed by atoms with Crippen LogP contribution in [-0.4, -0.2) is 9.97 Å². The summed E-state index contributed by atoms with van der Waals surface area (Å²) in [5, 5.41) is 0. The Morgan fingerprint density at radius 1 is 1.11 bits per heavy atom. The Balaban J connectivity index is 3.25. The first-order valence-corrected chi connectivity index (χ1v) is 7.31. The molecule has 2 heteroatoms. The fraction of sp³-hybridized carbons (Fsp3) is 0.812. The number of hydrogen-bond donors (Lipinski definition) is 1. The minimum absolute atomic E-state index is 0.137. The van der Waals surface area contributed by atoms with E-state index in [0.29, 0.717) is 17.8 Å². The van der Waals surface area contributed by atoms with Crippen LogP contribution >= 0.6 is 0 Å². The summed E-state index contributed by atoms with van der Waals surface area (Å²) >= 11 is 0. The third-order valence-electron chi connectivity index (χ3n) is 4.29. The topological polar surface area (TPSA) is 28.7 Å². The summed E-state index contributed by atoms with van der Waals surface area (Å²) in [6.07, 6.45) is 1.10. The van der Waals surface area contributed by atoms with Crippen LogP contribution in [0.5, 0.6) is 0 Å². The molecule has 1 heterocycles. The zero-order chi connectivity index (χ0) is 14.1. The van der Waals surface area contributed by atoms with Gasteiger partial charge in [0.15, 0.2) is 0 Å². The number of rotatable bonds is 5. The summed E-state index contributed by atoms with van der Waals surface area (Å²) < 4.78 is 0. The van der Waals surface area contributed by atoms with Gasteiger partial charge in [-0.1, -0.05) is 55.4 Å². The molecule has 104 valence electrons. The Morgan fingerprint density at radius 2 is 1.67 bits per heavy atom. The molecule has 1 rings (SSSR count). The van der Waals surface area contributed by atoms with E-state index in [1.54, 1.807) is 0 Å². The lowest BCUT2D eigenvalue weighted by Gasteiger charge is -2.20. The maximum absolute atomic E-state index is 4.90. The van der Waals surface area contributed by atoms with Crippen LogP contribution in [0, 0.1) is 5.92 Å². The van der Waals surface area contributed by atoms with Gasteiger partial charge in [-0.05, 0) is 18.3 Å². The summed E-state index contributed by atoms with van der Waals surface area (Å²) in [7, 11) is 0. The van der Waals surface area contributed by atoms with Crippen LogP contribution in [0.3, 0.4) is 0 Å². The first-order chi connectivity index (χ1) is 8.20. The van der Waals surface area contributed by atoms with Crippen molar-refractivity contribution in [3.63, 3.8) is 0 Å². The summed E-state index contributed by atoms with van der Waals surface area (Å²) in [6.45, 7) is 18.1. The largest absolute Gasteiger partial charge is 0.345 e. The molecule has 0 saturated heterocycles. The van der Waals surface area contributed by atoms with Crippen LogP contribution < -0.4 is 0 Å². The lowest BCUT2D eigenvalue weighted by molar-refractivity contribution is 0.471. The Hall–Kier alpha value is -0.790. The number of aromatic amines is 1. The average molecular weight is 250 g/mol. The van der Waals surface area contributed by atoms with Crippen molar-refractivity contribution in [1.82, 2.24) is 9.97 Å². The number of imidazole rings is 1. The molecule has 1 aromatic rings. The smallest absolute Gasteiger partial charge is 0.112 e. The fourth-order valence-corrected chi connectivity index (χ4v) is 2.01. The van der Waals surface area contributed by atoms with E-state index in [-0.39, 0.29) is 5.41 Å². The maximum atomic E-state index is 4.90. The standard InChI is InChI=1S/C16H30N2/c1-9-16(7,8)15-17-13(11(4)5)14(18-15)12(6)10(2)3/h10-12H,9H2,1-8H3,(H,17,18). The Kier molecular flexibility index (Phi) is 4.63. The molecule has 0 aliphatic rings. The van der Waals surface area contributed by atoms with Gasteiger partial charge in [0.1, 0.15) is 5.82 Å². The van der Waals surface area contributed by atoms with Gasteiger partial charge in [0.05, 0.1) is 5.69 Å². The molecule has 0 aromatic carbocycles. The average Bonchev–Trinajstić information content (AvgIpc) is 2.73. The second kappa shape index (κ2) is 5.46. The molecule has 1 unspecified atom stereocenters. The zero-order valence-electron chi connectivity index (χ0n) is 13.4. The van der Waals surface area contributed by atoms with Crippen molar-refractivity contribution < 1.29 is 0 Å². The highest BCUT2D eigenvalue weighted by atomic mass is 15.0. The number of H-pyrrole nitrogens is 1. The molecule has 2 nitrogen and oxygen atoms in total. The van der Waals surface area contributed by atoms with Crippen molar-refractivity contribution in [3.8, 4) is 0 Å². The van der Waals surface area contributed by atoms with Crippen molar-refractivity contribution in [3.05, 3.63) is 17.2 Å². The van der Waals surface area contributed by atoms with E-state index in [1.165, 1.54) is 11.4 Å². The van der Waals surface area contributed by atoms with Crippen molar-refractivity contribution in [2.75, 3.05) is 0 Å². The molecule has 0 spiro atoms. The zero-order valence-corrected chi connectivity index (χ0v) is 13.4. The minimum atomic E-state index is 0.137. The van der Waals surface area contributed by atoms with Crippen LogP contribution in [0.1, 0.15) is 90.9 Å². The first kappa shape index (κ1) is 15.3. The molecule has 1 aromatic heterocycles. The van der Waals surface area contributed by atoms with Gasteiger partial charge in [0.2, 0.25) is 0 Å². The van der Waals surface area contributed by atoms with Crippen LogP contribution in [0.4, 0.5) is 0 Å². The van der Waals surface area contributed by atoms with E-state index in [0.717, 1.165) is 12.2 Å². The van der Waals surface area contributed by atoms with Crippen molar-refractivity contribution >= 4 is 0 Å². The Bertz CT molecular complexity index is 386. The van der Waals surface area contributed by atoms with Crippen LogP contribution in [0.25, 0.3) is 0 Å². The van der Waals surface area contributed by atoms with Gasteiger partial charge in [0, 0.05) is 17.0 Å². The van der Waals surface area contributed by atoms with Crippen molar-refractivity contribution in [1.29, 1.82) is 0 Å². The summed E-state index contributed by atoms with van der Waals surface area (Å²) in [5.74, 6) is 2.81. The highest BCUT2D eigenvalue weighted by molar-refractivity contribution is 5.24. The number of nitrogens with zero attached hydrogens (tertiary/aromatic N) is 1. The van der Waals surface area contributed by atoms with Crippen molar-refractivity contribution in [2.45, 2.75) is 79.1 Å². The minimum Gasteiger partial charge on any atom is -0.345 e. The molecule has 0 amide bonds. The quantitative estimate of drug-likeness (QED) is 0.784. The Morgan fingerprint density at radius 3 is 2.06 bits per heavy atom. The molecule has 1 N–H and O–H groups in total. The third-order valence-corrected chi connectivity index (χ3v) is 4.29. The fourth-order valence-electron chi connectivity index (χ4n) is 2.01. The summed E-state index contributed by atoms with van der Waals surface area (Å²) in [5.41, 5.74) is 2.74. The predicted molar refractivity (Wildman–Crippen MR) is 79.2 cm³/mol. The highest BCUT2D eigenvalue weighted by Gasteiger charge is 2.27. The van der Waals surface area contributed by atoms with Gasteiger partial charge in [0.25, 0.3) is 0 Å². The summed E-state index contributed by atoms with van der Waals surface area (Å²) in [4.78, 5) is 8.52. The normalized spacial score (nSPS) is 14.6. The van der Waals surface area contributed by atoms with Gasteiger partial charge < -0.3 is 4.98 Å². The molecule has 18 heavy (non-hydrogen) atoms. The van der Waals surface area contributed by atoms with E-state index in [4.69, 9.17) is 4.98 Å². The summed E-state index contributed by atoms with van der Waals surface area (Å²) in [6, 6.07) is 0. The van der Waals surface area contributed by atoms with E-state index in [9.17, 15) is 0 Å². The van der Waals surface area contributed by atoms with E-state index < -0.39 is 0 Å². The molecular formula is C16H30N2. The van der Waals surface area contributed by atoms with Gasteiger partial charge in [-0.3, -0.25) is 0 Å². The molecule has 0 fully saturated rings. The highest BCUT2D eigenvalue weighted by Crippen LogP contribution is 2.33. The van der Waals surface area contributed by atoms with E-state index in [1.807, 2.05) is 0 Å². The number of hydrogen-bond acceptors (Lipinski definition) is 1. The molecule has 0 radical (unpaired) electrons. The number of nitrogens with one attached hydrogen (secondary N) is 1. The Labute approximate surface area is 113 Å². The SMILES string of the molecule is CCC(C)(C)c1nc(C(C)C)c(C(C)C(C)C)[nH]1. The molecule has 1 atom stereocenters. The molecule has 0 saturated carbocycles. The monoisotopic (exact) mass is 250 g/mol. The van der Waals surface area contributed by atoms with Gasteiger partial charge >= 0.3 is 0 Å². The first-order valence-electron chi connectivity index (χ1n) is 7.31. The molecular weight excluding hydrogens is 220 g/mol. The third kappa shape index (κ3) is 2.96. The van der Waals surface area contributed by atoms with Crippen LogP contribution in [0.2, 0.25) is 0 Å². The van der Waals surface area contributed by atoms with Crippen LogP contribution in [0.15, 0.2) is 0 Å². The molecule has 0 aliphatic heterocycles. The molecule has 0 aliphatic carbocycles. The maximum Gasteiger partial charge on any atom is 0.112 e. The van der Waals surface area contributed by atoms with Gasteiger partial charge in [-0.2, -0.15) is 0 Å². The van der Waals surface area contributed by atoms with Gasteiger partial charge in [-0.15, -0.1) is 0 Å². The lowest BCUT2D eigenvalue weighted by atomic mass is 9.89. The van der Waals surface area contributed by atoms with Crippen LogP contribution in [-0.2, 0) is 5.41 Å². The number of aromatic nitrogens is 2. The second-order valence-corrected chi connectivity index (χ2v) is 6.81. The predicted octanol–water partition coefficient (Wildman–Crippen LogP) is 4.98. The van der Waals surface area contributed by atoms with E-state index >= 15 is 0 Å². The van der Waals surface area contributed by atoms with Gasteiger partial charge in [-0.25, -0.2) is 4.98 Å². The van der Waals surface area contributed by atoms with E-state index in [2.05, 4.69) is 60.4 Å².